The third kappa shape index (κ3) is 1.21. The van der Waals surface area contributed by atoms with Crippen molar-refractivity contribution >= 4 is 11.6 Å². The summed E-state index contributed by atoms with van der Waals surface area (Å²) in [4.78, 5) is 13.2. The average Bonchev–Trinajstić information content (AvgIpc) is 2.56. The molecule has 1 aromatic rings. The first kappa shape index (κ1) is 8.25. The van der Waals surface area contributed by atoms with Crippen molar-refractivity contribution in [2.24, 2.45) is 5.18 Å². The highest BCUT2D eigenvalue weighted by molar-refractivity contribution is 5.60. The maximum atomic E-state index is 10.4. The van der Waals surface area contributed by atoms with Gasteiger partial charge < -0.3 is 4.98 Å². The van der Waals surface area contributed by atoms with Crippen LogP contribution < -0.4 is 5.48 Å². The van der Waals surface area contributed by atoms with E-state index in [9.17, 15) is 4.91 Å². The van der Waals surface area contributed by atoms with E-state index in [1.165, 1.54) is 0 Å². The number of nitroso groups, excluding NO2 is 1. The molecule has 70 valence electrons. The van der Waals surface area contributed by atoms with E-state index in [-0.39, 0.29) is 0 Å². The van der Waals surface area contributed by atoms with Crippen LogP contribution in [0, 0.1) is 4.91 Å². The zero-order valence-corrected chi connectivity index (χ0v) is 7.13. The Morgan fingerprint density at radius 3 is 2.62 bits per heavy atom. The minimum atomic E-state index is 0.353. The van der Waals surface area contributed by atoms with E-state index in [0.717, 1.165) is 36.8 Å². The third-order valence-corrected chi connectivity index (χ3v) is 2.50. The number of hydrogen-bond donors (Lipinski definition) is 3. The second-order valence-electron chi connectivity index (χ2n) is 3.22. The first-order chi connectivity index (χ1) is 6.36. The monoisotopic (exact) mass is 181 g/mol. The van der Waals surface area contributed by atoms with E-state index in [2.05, 4.69) is 15.6 Å². The van der Waals surface area contributed by atoms with Gasteiger partial charge in [-0.3, -0.25) is 10.7 Å². The van der Waals surface area contributed by atoms with Crippen LogP contribution in [0.2, 0.25) is 0 Å². The van der Waals surface area contributed by atoms with Crippen LogP contribution in [0.25, 0.3) is 0 Å². The topological polar surface area (TPSA) is 77.5 Å². The predicted octanol–water partition coefficient (Wildman–Crippen LogP) is 2.09. The summed E-state index contributed by atoms with van der Waals surface area (Å²) in [6, 6.07) is 0. The standard InChI is InChI=1S/C8H11N3O2/c12-10-7-5-3-1-2-4-6(5)8(9-7)11-13/h9-10,12H,1-4H2. The van der Waals surface area contributed by atoms with Crippen molar-refractivity contribution in [2.45, 2.75) is 25.7 Å². The summed E-state index contributed by atoms with van der Waals surface area (Å²) in [5.74, 6) is 0.871. The highest BCUT2D eigenvalue weighted by Gasteiger charge is 2.20. The lowest BCUT2D eigenvalue weighted by atomic mass is 9.94. The molecule has 0 saturated heterocycles. The number of rotatable bonds is 2. The van der Waals surface area contributed by atoms with E-state index in [1.807, 2.05) is 0 Å². The minimum Gasteiger partial charge on any atom is -0.322 e. The maximum absolute atomic E-state index is 10.4. The summed E-state index contributed by atoms with van der Waals surface area (Å²) in [6.45, 7) is 0. The molecule has 1 aliphatic carbocycles. The predicted molar refractivity (Wildman–Crippen MR) is 48.3 cm³/mol. The van der Waals surface area contributed by atoms with Crippen molar-refractivity contribution in [1.82, 2.24) is 4.98 Å². The van der Waals surface area contributed by atoms with Gasteiger partial charge in [0.15, 0.2) is 5.82 Å². The van der Waals surface area contributed by atoms with E-state index in [4.69, 9.17) is 5.21 Å². The molecule has 0 bridgehead atoms. The first-order valence-corrected chi connectivity index (χ1v) is 4.34. The largest absolute Gasteiger partial charge is 0.322 e. The van der Waals surface area contributed by atoms with Crippen molar-refractivity contribution in [3.8, 4) is 0 Å². The van der Waals surface area contributed by atoms with Crippen molar-refractivity contribution in [2.75, 3.05) is 5.48 Å². The van der Waals surface area contributed by atoms with Crippen molar-refractivity contribution < 1.29 is 5.21 Å². The minimum absolute atomic E-state index is 0.353. The number of H-pyrrole nitrogens is 1. The zero-order valence-electron chi connectivity index (χ0n) is 7.13. The normalized spacial score (nSPS) is 15.2. The number of nitrogens with one attached hydrogen (secondary N) is 2. The molecule has 5 heteroatoms. The lowest BCUT2D eigenvalue weighted by Crippen LogP contribution is -2.02. The van der Waals surface area contributed by atoms with Crippen molar-refractivity contribution in [1.29, 1.82) is 0 Å². The van der Waals surface area contributed by atoms with Crippen LogP contribution in [0.3, 0.4) is 0 Å². The van der Waals surface area contributed by atoms with Crippen LogP contribution in [0.1, 0.15) is 24.0 Å². The molecule has 0 aliphatic heterocycles. The summed E-state index contributed by atoms with van der Waals surface area (Å²) >= 11 is 0. The van der Waals surface area contributed by atoms with Gasteiger partial charge in [-0.05, 0) is 30.9 Å². The molecule has 1 heterocycles. The number of fused-ring (bicyclic) bond motifs is 1. The molecular formula is C8H11N3O2. The van der Waals surface area contributed by atoms with Crippen LogP contribution in [0.4, 0.5) is 11.6 Å². The Morgan fingerprint density at radius 1 is 1.31 bits per heavy atom. The van der Waals surface area contributed by atoms with E-state index in [1.54, 1.807) is 0 Å². The fourth-order valence-corrected chi connectivity index (χ4v) is 1.89. The third-order valence-electron chi connectivity index (χ3n) is 2.50. The number of hydrogen-bond acceptors (Lipinski definition) is 4. The van der Waals surface area contributed by atoms with Gasteiger partial charge in [-0.15, -0.1) is 4.91 Å². The summed E-state index contributed by atoms with van der Waals surface area (Å²) < 4.78 is 0. The van der Waals surface area contributed by atoms with Gasteiger partial charge in [0.2, 0.25) is 0 Å². The lowest BCUT2D eigenvalue weighted by molar-refractivity contribution is 0.385. The van der Waals surface area contributed by atoms with Gasteiger partial charge in [0.05, 0.1) is 0 Å². The molecule has 1 aliphatic rings. The summed E-state index contributed by atoms with van der Waals surface area (Å²) in [5.41, 5.74) is 4.01. The van der Waals surface area contributed by atoms with E-state index in [0.29, 0.717) is 11.6 Å². The fraction of sp³-hybridized carbons (Fsp3) is 0.500. The lowest BCUT2D eigenvalue weighted by Gasteiger charge is -2.11. The van der Waals surface area contributed by atoms with Gasteiger partial charge in [0, 0.05) is 11.1 Å². The van der Waals surface area contributed by atoms with Gasteiger partial charge in [-0.25, -0.2) is 0 Å². The molecule has 0 radical (unpaired) electrons. The zero-order chi connectivity index (χ0) is 9.26. The quantitative estimate of drug-likeness (QED) is 0.483. The fourth-order valence-electron chi connectivity index (χ4n) is 1.89. The van der Waals surface area contributed by atoms with Gasteiger partial charge in [0.25, 0.3) is 0 Å². The van der Waals surface area contributed by atoms with Gasteiger partial charge in [-0.2, -0.15) is 0 Å². The highest BCUT2D eigenvalue weighted by atomic mass is 16.5. The molecule has 5 nitrogen and oxygen atoms in total. The second-order valence-corrected chi connectivity index (χ2v) is 3.22. The van der Waals surface area contributed by atoms with Crippen LogP contribution in [-0.4, -0.2) is 10.2 Å². The highest BCUT2D eigenvalue weighted by Crippen LogP contribution is 2.34. The molecule has 13 heavy (non-hydrogen) atoms. The summed E-state index contributed by atoms with van der Waals surface area (Å²) in [7, 11) is 0. The Balaban J connectivity index is 2.50. The summed E-state index contributed by atoms with van der Waals surface area (Å²) in [6.07, 6.45) is 3.94. The van der Waals surface area contributed by atoms with E-state index >= 15 is 0 Å². The maximum Gasteiger partial charge on any atom is 0.179 e. The van der Waals surface area contributed by atoms with Gasteiger partial charge >= 0.3 is 0 Å². The molecule has 0 atom stereocenters. The van der Waals surface area contributed by atoms with Crippen molar-refractivity contribution in [3.63, 3.8) is 0 Å². The molecule has 0 saturated carbocycles. The Kier molecular flexibility index (Phi) is 2.02. The Hall–Kier alpha value is -1.36. The summed E-state index contributed by atoms with van der Waals surface area (Å²) in [5, 5.41) is 11.7. The number of nitrogens with zero attached hydrogens (tertiary/aromatic N) is 1. The Morgan fingerprint density at radius 2 is 2.00 bits per heavy atom. The van der Waals surface area contributed by atoms with Gasteiger partial charge in [-0.1, -0.05) is 0 Å². The smallest absolute Gasteiger partial charge is 0.179 e. The number of anilines is 1. The second kappa shape index (κ2) is 3.18. The molecule has 0 spiro atoms. The Labute approximate surface area is 75.1 Å². The van der Waals surface area contributed by atoms with E-state index < -0.39 is 0 Å². The van der Waals surface area contributed by atoms with Crippen LogP contribution in [0.15, 0.2) is 5.18 Å². The molecule has 2 rings (SSSR count). The molecule has 3 N–H and O–H groups in total. The number of aromatic amines is 1. The molecule has 0 fully saturated rings. The van der Waals surface area contributed by atoms with Crippen LogP contribution in [0.5, 0.6) is 0 Å². The van der Waals surface area contributed by atoms with Crippen LogP contribution >= 0.6 is 0 Å². The SMILES string of the molecule is O=Nc1[nH]c(NO)c2c1CCCC2. The molecular weight excluding hydrogens is 170 g/mol. The molecule has 0 unspecified atom stereocenters. The molecule has 0 amide bonds. The first-order valence-electron chi connectivity index (χ1n) is 4.34. The van der Waals surface area contributed by atoms with Gasteiger partial charge in [0.1, 0.15) is 5.82 Å². The molecule has 1 aromatic heterocycles. The van der Waals surface area contributed by atoms with Crippen LogP contribution in [-0.2, 0) is 12.8 Å². The average molecular weight is 181 g/mol. The van der Waals surface area contributed by atoms with Crippen molar-refractivity contribution in [3.05, 3.63) is 16.0 Å². The molecule has 0 aromatic carbocycles. The number of aromatic nitrogens is 1. The Bertz CT molecular complexity index is 332.